The van der Waals surface area contributed by atoms with E-state index in [2.05, 4.69) is 0 Å². The molecule has 1 N–H and O–H groups in total. The number of nitro benzene ring substituents is 1. The van der Waals surface area contributed by atoms with Crippen LogP contribution in [-0.4, -0.2) is 24.2 Å². The largest absolute Gasteiger partial charge is 0.508 e. The fourth-order valence-electron chi connectivity index (χ4n) is 1.45. The second-order valence-corrected chi connectivity index (χ2v) is 3.18. The summed E-state index contributed by atoms with van der Waals surface area (Å²) in [4.78, 5) is 10.3. The van der Waals surface area contributed by atoms with Gasteiger partial charge in [-0.15, -0.1) is 0 Å². The molecule has 0 aliphatic rings. The van der Waals surface area contributed by atoms with Crippen LogP contribution in [-0.2, 0) is 22.7 Å². The maximum absolute atomic E-state index is 10.8. The zero-order chi connectivity index (χ0) is 12.1. The second kappa shape index (κ2) is 5.43. The Labute approximate surface area is 92.6 Å². The van der Waals surface area contributed by atoms with Crippen LogP contribution in [0.4, 0.5) is 5.69 Å². The van der Waals surface area contributed by atoms with E-state index in [0.29, 0.717) is 11.1 Å². The maximum Gasteiger partial charge on any atom is 0.275 e. The van der Waals surface area contributed by atoms with Crippen LogP contribution in [0.15, 0.2) is 12.1 Å². The van der Waals surface area contributed by atoms with Gasteiger partial charge in [0.1, 0.15) is 5.75 Å². The number of rotatable bonds is 5. The summed E-state index contributed by atoms with van der Waals surface area (Å²) in [6.07, 6.45) is 0. The summed E-state index contributed by atoms with van der Waals surface area (Å²) in [5.41, 5.74) is 0.652. The molecule has 0 aliphatic heterocycles. The molecular weight excluding hydrogens is 214 g/mol. The molecule has 6 heteroatoms. The number of hydrogen-bond donors (Lipinski definition) is 1. The SMILES string of the molecule is COCc1c(O)ccc([N+](=O)[O-])c1COC. The van der Waals surface area contributed by atoms with E-state index in [9.17, 15) is 15.2 Å². The van der Waals surface area contributed by atoms with Crippen molar-refractivity contribution < 1.29 is 19.5 Å². The van der Waals surface area contributed by atoms with Gasteiger partial charge in [0.25, 0.3) is 5.69 Å². The van der Waals surface area contributed by atoms with E-state index in [4.69, 9.17) is 9.47 Å². The molecule has 1 aromatic carbocycles. The van der Waals surface area contributed by atoms with Crippen LogP contribution in [0.25, 0.3) is 0 Å². The van der Waals surface area contributed by atoms with Crippen LogP contribution < -0.4 is 0 Å². The van der Waals surface area contributed by atoms with Crippen LogP contribution in [0.2, 0.25) is 0 Å². The fourth-order valence-corrected chi connectivity index (χ4v) is 1.45. The molecule has 1 rings (SSSR count). The molecule has 0 saturated carbocycles. The average Bonchev–Trinajstić information content (AvgIpc) is 2.23. The lowest BCUT2D eigenvalue weighted by Gasteiger charge is -2.10. The molecule has 0 atom stereocenters. The number of nitrogens with zero attached hydrogens (tertiary/aromatic N) is 1. The highest BCUT2D eigenvalue weighted by molar-refractivity contribution is 5.51. The average molecular weight is 227 g/mol. The standard InChI is InChI=1S/C10H13NO5/c1-15-5-7-8(6-16-2)10(12)4-3-9(7)11(13)14/h3-4,12H,5-6H2,1-2H3. The van der Waals surface area contributed by atoms with E-state index in [-0.39, 0.29) is 24.7 Å². The predicted octanol–water partition coefficient (Wildman–Crippen LogP) is 1.59. The Morgan fingerprint density at radius 2 is 1.81 bits per heavy atom. The first kappa shape index (κ1) is 12.4. The van der Waals surface area contributed by atoms with Gasteiger partial charge in [-0.25, -0.2) is 0 Å². The number of benzene rings is 1. The maximum atomic E-state index is 10.8. The van der Waals surface area contributed by atoms with Crippen LogP contribution in [0.5, 0.6) is 5.75 Å². The van der Waals surface area contributed by atoms with Crippen molar-refractivity contribution in [1.82, 2.24) is 0 Å². The van der Waals surface area contributed by atoms with Gasteiger partial charge in [0.05, 0.1) is 23.7 Å². The molecule has 0 bridgehead atoms. The smallest absolute Gasteiger partial charge is 0.275 e. The fraction of sp³-hybridized carbons (Fsp3) is 0.400. The quantitative estimate of drug-likeness (QED) is 0.610. The van der Waals surface area contributed by atoms with Crippen LogP contribution in [0.1, 0.15) is 11.1 Å². The van der Waals surface area contributed by atoms with Crippen molar-refractivity contribution in [2.24, 2.45) is 0 Å². The number of phenols is 1. The van der Waals surface area contributed by atoms with Crippen molar-refractivity contribution in [2.75, 3.05) is 14.2 Å². The van der Waals surface area contributed by atoms with Crippen molar-refractivity contribution >= 4 is 5.69 Å². The van der Waals surface area contributed by atoms with Crippen molar-refractivity contribution in [3.63, 3.8) is 0 Å². The summed E-state index contributed by atoms with van der Waals surface area (Å²) in [5, 5.41) is 20.4. The minimum atomic E-state index is -0.507. The number of methoxy groups -OCH3 is 2. The number of nitro groups is 1. The minimum Gasteiger partial charge on any atom is -0.508 e. The highest BCUT2D eigenvalue weighted by Gasteiger charge is 2.20. The van der Waals surface area contributed by atoms with Crippen molar-refractivity contribution in [2.45, 2.75) is 13.2 Å². The van der Waals surface area contributed by atoms with E-state index in [1.54, 1.807) is 0 Å². The molecule has 0 saturated heterocycles. The molecule has 0 radical (unpaired) electrons. The van der Waals surface area contributed by atoms with Gasteiger partial charge >= 0.3 is 0 Å². The lowest BCUT2D eigenvalue weighted by atomic mass is 10.1. The van der Waals surface area contributed by atoms with E-state index >= 15 is 0 Å². The monoisotopic (exact) mass is 227 g/mol. The number of phenolic OH excluding ortho intramolecular Hbond substituents is 1. The number of aromatic hydroxyl groups is 1. The summed E-state index contributed by atoms with van der Waals surface area (Å²) in [6, 6.07) is 2.54. The molecule has 1 aromatic rings. The van der Waals surface area contributed by atoms with Crippen molar-refractivity contribution in [1.29, 1.82) is 0 Å². The Kier molecular flexibility index (Phi) is 4.21. The van der Waals surface area contributed by atoms with Crippen LogP contribution in [0.3, 0.4) is 0 Å². The van der Waals surface area contributed by atoms with E-state index < -0.39 is 4.92 Å². The summed E-state index contributed by atoms with van der Waals surface area (Å²) in [6.45, 7) is 0.162. The Morgan fingerprint density at radius 3 is 2.31 bits per heavy atom. The zero-order valence-electron chi connectivity index (χ0n) is 9.10. The van der Waals surface area contributed by atoms with Gasteiger partial charge in [-0.3, -0.25) is 10.1 Å². The molecule has 88 valence electrons. The van der Waals surface area contributed by atoms with Gasteiger partial charge in [-0.05, 0) is 6.07 Å². The lowest BCUT2D eigenvalue weighted by Crippen LogP contribution is -2.03. The molecule has 0 aromatic heterocycles. The van der Waals surface area contributed by atoms with Gasteiger partial charge in [0.2, 0.25) is 0 Å². The Hall–Kier alpha value is -1.66. The van der Waals surface area contributed by atoms with Gasteiger partial charge in [-0.1, -0.05) is 0 Å². The second-order valence-electron chi connectivity index (χ2n) is 3.18. The molecule has 16 heavy (non-hydrogen) atoms. The molecule has 0 unspecified atom stereocenters. The molecule has 0 fully saturated rings. The van der Waals surface area contributed by atoms with Crippen LogP contribution >= 0.6 is 0 Å². The van der Waals surface area contributed by atoms with Crippen molar-refractivity contribution in [3.05, 3.63) is 33.4 Å². The summed E-state index contributed by atoms with van der Waals surface area (Å²) >= 11 is 0. The van der Waals surface area contributed by atoms with Crippen molar-refractivity contribution in [3.8, 4) is 5.75 Å². The summed E-state index contributed by atoms with van der Waals surface area (Å²) < 4.78 is 9.78. The molecule has 0 amide bonds. The Balaban J connectivity index is 3.30. The third kappa shape index (κ3) is 2.47. The predicted molar refractivity (Wildman–Crippen MR) is 56.2 cm³/mol. The highest BCUT2D eigenvalue weighted by Crippen LogP contribution is 2.30. The number of ether oxygens (including phenoxy) is 2. The van der Waals surface area contributed by atoms with Gasteiger partial charge in [0.15, 0.2) is 0 Å². The Morgan fingerprint density at radius 1 is 1.25 bits per heavy atom. The highest BCUT2D eigenvalue weighted by atomic mass is 16.6. The van der Waals surface area contributed by atoms with Gasteiger partial charge < -0.3 is 14.6 Å². The minimum absolute atomic E-state index is 0.0282. The molecule has 0 heterocycles. The van der Waals surface area contributed by atoms with Gasteiger partial charge in [0, 0.05) is 25.8 Å². The van der Waals surface area contributed by atoms with E-state index in [1.165, 1.54) is 26.4 Å². The van der Waals surface area contributed by atoms with E-state index in [1.807, 2.05) is 0 Å². The third-order valence-corrected chi connectivity index (χ3v) is 2.16. The zero-order valence-corrected chi connectivity index (χ0v) is 9.10. The third-order valence-electron chi connectivity index (χ3n) is 2.16. The van der Waals surface area contributed by atoms with Gasteiger partial charge in [-0.2, -0.15) is 0 Å². The first-order chi connectivity index (χ1) is 7.61. The summed E-state index contributed by atoms with van der Waals surface area (Å²) in [7, 11) is 2.89. The number of hydrogen-bond acceptors (Lipinski definition) is 5. The lowest BCUT2D eigenvalue weighted by molar-refractivity contribution is -0.386. The van der Waals surface area contributed by atoms with Crippen LogP contribution in [0, 0.1) is 10.1 Å². The Bertz CT molecular complexity index is 391. The topological polar surface area (TPSA) is 81.8 Å². The normalized spacial score (nSPS) is 10.4. The summed E-state index contributed by atoms with van der Waals surface area (Å²) in [5.74, 6) is -0.0282. The molecule has 6 nitrogen and oxygen atoms in total. The molecular formula is C10H13NO5. The van der Waals surface area contributed by atoms with E-state index in [0.717, 1.165) is 0 Å². The first-order valence-electron chi connectivity index (χ1n) is 4.57. The first-order valence-corrected chi connectivity index (χ1v) is 4.57. The molecule has 0 aliphatic carbocycles. The molecule has 0 spiro atoms.